The van der Waals surface area contributed by atoms with Crippen molar-refractivity contribution in [3.8, 4) is 5.75 Å². The van der Waals surface area contributed by atoms with Gasteiger partial charge in [-0.25, -0.2) is 0 Å². The van der Waals surface area contributed by atoms with Crippen molar-refractivity contribution in [2.24, 2.45) is 5.92 Å². The summed E-state index contributed by atoms with van der Waals surface area (Å²) in [7, 11) is 0. The summed E-state index contributed by atoms with van der Waals surface area (Å²) in [4.78, 5) is 12.1. The number of nitrogens with one attached hydrogen (secondary N) is 1. The predicted octanol–water partition coefficient (Wildman–Crippen LogP) is 3.69. The largest absolute Gasteiger partial charge is 0.483 e. The summed E-state index contributed by atoms with van der Waals surface area (Å²) >= 11 is 0. The molecule has 0 spiro atoms. The molecule has 116 valence electrons. The van der Waals surface area contributed by atoms with Crippen LogP contribution >= 0.6 is 0 Å². The normalized spacial score (nSPS) is 21.9. The highest BCUT2D eigenvalue weighted by molar-refractivity contribution is 5.78. The van der Waals surface area contributed by atoms with Crippen LogP contribution in [0.3, 0.4) is 0 Å². The number of carbonyl (C=O) groups is 1. The van der Waals surface area contributed by atoms with Crippen LogP contribution in [0.4, 0.5) is 0 Å². The minimum Gasteiger partial charge on any atom is -0.483 e. The van der Waals surface area contributed by atoms with Crippen molar-refractivity contribution in [3.05, 3.63) is 28.8 Å². The second kappa shape index (κ2) is 6.97. The lowest BCUT2D eigenvalue weighted by atomic mass is 9.86. The zero-order valence-electron chi connectivity index (χ0n) is 13.7. The number of benzene rings is 1. The first-order chi connectivity index (χ1) is 9.97. The molecule has 0 unspecified atom stereocenters. The number of carbonyl (C=O) groups excluding carboxylic acids is 1. The fraction of sp³-hybridized carbons (Fsp3) is 0.611. The van der Waals surface area contributed by atoms with Crippen molar-refractivity contribution in [2.45, 2.75) is 59.4 Å². The summed E-state index contributed by atoms with van der Waals surface area (Å²) in [6.07, 6.45) is 4.80. The van der Waals surface area contributed by atoms with Crippen LogP contribution in [0, 0.1) is 26.7 Å². The first-order valence-corrected chi connectivity index (χ1v) is 7.97. The highest BCUT2D eigenvalue weighted by Crippen LogP contribution is 2.25. The van der Waals surface area contributed by atoms with Crippen LogP contribution in [0.5, 0.6) is 5.75 Å². The van der Waals surface area contributed by atoms with E-state index < -0.39 is 0 Å². The molecule has 2 rings (SSSR count). The van der Waals surface area contributed by atoms with E-state index in [2.05, 4.69) is 31.3 Å². The van der Waals surface area contributed by atoms with Gasteiger partial charge in [0.1, 0.15) is 5.75 Å². The van der Waals surface area contributed by atoms with Crippen LogP contribution in [-0.2, 0) is 4.79 Å². The monoisotopic (exact) mass is 289 g/mol. The van der Waals surface area contributed by atoms with E-state index in [9.17, 15) is 4.79 Å². The Labute approximate surface area is 128 Å². The number of rotatable bonds is 4. The molecule has 1 aliphatic carbocycles. The quantitative estimate of drug-likeness (QED) is 0.918. The van der Waals surface area contributed by atoms with E-state index >= 15 is 0 Å². The number of hydrogen-bond acceptors (Lipinski definition) is 2. The third kappa shape index (κ3) is 4.23. The molecule has 0 saturated heterocycles. The molecular weight excluding hydrogens is 262 g/mol. The van der Waals surface area contributed by atoms with E-state index in [0.717, 1.165) is 23.3 Å². The topological polar surface area (TPSA) is 38.3 Å². The number of aryl methyl sites for hydroxylation is 3. The summed E-state index contributed by atoms with van der Waals surface area (Å²) in [5.74, 6) is 1.41. The third-order valence-electron chi connectivity index (χ3n) is 4.41. The summed E-state index contributed by atoms with van der Waals surface area (Å²) in [5.41, 5.74) is 3.40. The SMILES string of the molecule is Cc1cc(C)c(OCC(=O)N[C@H]2CCCC[C@H]2C)c(C)c1. The molecule has 1 aromatic carbocycles. The zero-order chi connectivity index (χ0) is 15.4. The maximum atomic E-state index is 12.1. The molecule has 21 heavy (non-hydrogen) atoms. The zero-order valence-corrected chi connectivity index (χ0v) is 13.7. The van der Waals surface area contributed by atoms with Gasteiger partial charge in [0.05, 0.1) is 0 Å². The lowest BCUT2D eigenvalue weighted by Gasteiger charge is -2.29. The van der Waals surface area contributed by atoms with Gasteiger partial charge < -0.3 is 10.1 Å². The average molecular weight is 289 g/mol. The molecule has 1 aromatic rings. The fourth-order valence-corrected chi connectivity index (χ4v) is 3.31. The fourth-order valence-electron chi connectivity index (χ4n) is 3.31. The molecule has 1 aliphatic rings. The summed E-state index contributed by atoms with van der Waals surface area (Å²) < 4.78 is 5.75. The minimum absolute atomic E-state index is 0.00637. The molecule has 0 aromatic heterocycles. The Morgan fingerprint density at radius 3 is 2.43 bits per heavy atom. The van der Waals surface area contributed by atoms with E-state index in [-0.39, 0.29) is 12.5 Å². The van der Waals surface area contributed by atoms with E-state index in [0.29, 0.717) is 12.0 Å². The first-order valence-electron chi connectivity index (χ1n) is 7.97. The van der Waals surface area contributed by atoms with Crippen molar-refractivity contribution in [1.29, 1.82) is 0 Å². The molecule has 0 radical (unpaired) electrons. The van der Waals surface area contributed by atoms with E-state index in [1.54, 1.807) is 0 Å². The second-order valence-electron chi connectivity index (χ2n) is 6.45. The van der Waals surface area contributed by atoms with Crippen molar-refractivity contribution in [2.75, 3.05) is 6.61 Å². The van der Waals surface area contributed by atoms with Crippen molar-refractivity contribution >= 4 is 5.91 Å². The minimum atomic E-state index is -0.00637. The van der Waals surface area contributed by atoms with Gasteiger partial charge in [-0.15, -0.1) is 0 Å². The smallest absolute Gasteiger partial charge is 0.258 e. The van der Waals surface area contributed by atoms with Gasteiger partial charge in [-0.3, -0.25) is 4.79 Å². The molecule has 2 atom stereocenters. The summed E-state index contributed by atoms with van der Waals surface area (Å²) in [6, 6.07) is 4.49. The molecule has 1 saturated carbocycles. The highest BCUT2D eigenvalue weighted by Gasteiger charge is 2.22. The Hall–Kier alpha value is -1.51. The first kappa shape index (κ1) is 15.9. The van der Waals surface area contributed by atoms with Gasteiger partial charge in [-0.1, -0.05) is 37.5 Å². The van der Waals surface area contributed by atoms with Gasteiger partial charge >= 0.3 is 0 Å². The van der Waals surface area contributed by atoms with Crippen LogP contribution < -0.4 is 10.1 Å². The molecule has 1 N–H and O–H groups in total. The Kier molecular flexibility index (Phi) is 5.27. The van der Waals surface area contributed by atoms with E-state index in [1.165, 1.54) is 24.8 Å². The van der Waals surface area contributed by atoms with Crippen LogP contribution in [0.15, 0.2) is 12.1 Å². The Bertz CT molecular complexity index is 487. The van der Waals surface area contributed by atoms with Gasteiger partial charge in [0.15, 0.2) is 6.61 Å². The molecular formula is C18H27NO2. The lowest BCUT2D eigenvalue weighted by molar-refractivity contribution is -0.124. The van der Waals surface area contributed by atoms with Gasteiger partial charge in [0.2, 0.25) is 0 Å². The lowest BCUT2D eigenvalue weighted by Crippen LogP contribution is -2.43. The van der Waals surface area contributed by atoms with Crippen molar-refractivity contribution < 1.29 is 9.53 Å². The van der Waals surface area contributed by atoms with Crippen molar-refractivity contribution in [1.82, 2.24) is 5.32 Å². The van der Waals surface area contributed by atoms with Crippen LogP contribution in [-0.4, -0.2) is 18.6 Å². The molecule has 3 nitrogen and oxygen atoms in total. The second-order valence-corrected chi connectivity index (χ2v) is 6.45. The summed E-state index contributed by atoms with van der Waals surface area (Å²) in [5, 5.41) is 3.13. The Balaban J connectivity index is 1.89. The maximum Gasteiger partial charge on any atom is 0.258 e. The summed E-state index contributed by atoms with van der Waals surface area (Å²) in [6.45, 7) is 8.45. The molecule has 1 amide bonds. The van der Waals surface area contributed by atoms with Gasteiger partial charge in [0.25, 0.3) is 5.91 Å². The van der Waals surface area contributed by atoms with Gasteiger partial charge in [-0.05, 0) is 50.7 Å². The molecule has 3 heteroatoms. The molecule has 0 heterocycles. The maximum absolute atomic E-state index is 12.1. The van der Waals surface area contributed by atoms with E-state index in [4.69, 9.17) is 4.74 Å². The predicted molar refractivity (Wildman–Crippen MR) is 85.7 cm³/mol. The molecule has 0 bridgehead atoms. The number of hydrogen-bond donors (Lipinski definition) is 1. The number of ether oxygens (including phenoxy) is 1. The average Bonchev–Trinajstić information content (AvgIpc) is 2.40. The standard InChI is InChI=1S/C18H27NO2/c1-12-9-14(3)18(15(4)10-12)21-11-17(20)19-16-8-6-5-7-13(16)2/h9-10,13,16H,5-8,11H2,1-4H3,(H,19,20)/t13-,16+/m1/s1. The number of amides is 1. The third-order valence-corrected chi connectivity index (χ3v) is 4.41. The van der Waals surface area contributed by atoms with Crippen LogP contribution in [0.1, 0.15) is 49.3 Å². The molecule has 1 fully saturated rings. The van der Waals surface area contributed by atoms with Crippen LogP contribution in [0.2, 0.25) is 0 Å². The van der Waals surface area contributed by atoms with E-state index in [1.807, 2.05) is 13.8 Å². The van der Waals surface area contributed by atoms with Gasteiger partial charge in [-0.2, -0.15) is 0 Å². The highest BCUT2D eigenvalue weighted by atomic mass is 16.5. The molecule has 0 aliphatic heterocycles. The Morgan fingerprint density at radius 2 is 1.81 bits per heavy atom. The Morgan fingerprint density at radius 1 is 1.19 bits per heavy atom. The van der Waals surface area contributed by atoms with Crippen LogP contribution in [0.25, 0.3) is 0 Å². The van der Waals surface area contributed by atoms with Gasteiger partial charge in [0, 0.05) is 6.04 Å². The van der Waals surface area contributed by atoms with Crippen molar-refractivity contribution in [3.63, 3.8) is 0 Å².